The zero-order chi connectivity index (χ0) is 15.1. The number of benzene rings is 1. The largest absolute Gasteiger partial charge is 0.480 e. The Morgan fingerprint density at radius 2 is 2.25 bits per heavy atom. The van der Waals surface area contributed by atoms with E-state index in [1.165, 1.54) is 6.08 Å². The number of carboxylic acid groups (broad SMARTS) is 1. The first-order valence-electron chi connectivity index (χ1n) is 5.94. The highest BCUT2D eigenvalue weighted by Gasteiger charge is 2.21. The zero-order valence-corrected chi connectivity index (χ0v) is 12.6. The van der Waals surface area contributed by atoms with Crippen LogP contribution >= 0.6 is 15.9 Å². The van der Waals surface area contributed by atoms with Crippen LogP contribution in [0, 0.1) is 6.92 Å². The number of aryl methyl sites for hydroxylation is 1. The number of nitrogens with one attached hydrogen (secondary N) is 1. The van der Waals surface area contributed by atoms with E-state index in [-0.39, 0.29) is 13.2 Å². The Morgan fingerprint density at radius 1 is 1.55 bits per heavy atom. The van der Waals surface area contributed by atoms with Crippen LogP contribution in [0.1, 0.15) is 15.9 Å². The molecule has 0 aliphatic carbocycles. The summed E-state index contributed by atoms with van der Waals surface area (Å²) in [5.74, 6) is -1.61. The van der Waals surface area contributed by atoms with Gasteiger partial charge < -0.3 is 15.2 Å². The summed E-state index contributed by atoms with van der Waals surface area (Å²) >= 11 is 3.29. The lowest BCUT2D eigenvalue weighted by molar-refractivity contribution is -0.140. The van der Waals surface area contributed by atoms with Gasteiger partial charge >= 0.3 is 5.97 Å². The molecule has 1 aromatic rings. The molecule has 1 atom stereocenters. The standard InChI is InChI=1S/C14H16BrNO4/c1-3-6-20-8-12(14(18)19)16-13(17)10-5-4-9(2)7-11(10)15/h3-5,7,12H,1,6,8H2,2H3,(H,16,17)(H,18,19). The fourth-order valence-corrected chi connectivity index (χ4v) is 2.16. The first-order valence-corrected chi connectivity index (χ1v) is 6.73. The lowest BCUT2D eigenvalue weighted by atomic mass is 10.1. The third-order valence-corrected chi connectivity index (χ3v) is 3.15. The first-order chi connectivity index (χ1) is 9.45. The van der Waals surface area contributed by atoms with Gasteiger partial charge in [-0.05, 0) is 40.5 Å². The Labute approximate surface area is 125 Å². The number of carboxylic acids is 1. The molecule has 108 valence electrons. The molecule has 2 N–H and O–H groups in total. The van der Waals surface area contributed by atoms with Gasteiger partial charge in [0.15, 0.2) is 6.04 Å². The number of amides is 1. The quantitative estimate of drug-likeness (QED) is 0.588. The number of hydrogen-bond donors (Lipinski definition) is 2. The van der Waals surface area contributed by atoms with Gasteiger partial charge in [-0.15, -0.1) is 6.58 Å². The van der Waals surface area contributed by atoms with Crippen LogP contribution in [0.3, 0.4) is 0 Å². The van der Waals surface area contributed by atoms with Crippen LogP contribution in [0.15, 0.2) is 35.3 Å². The second kappa shape index (κ2) is 7.81. The van der Waals surface area contributed by atoms with Gasteiger partial charge in [0.25, 0.3) is 5.91 Å². The van der Waals surface area contributed by atoms with E-state index in [0.717, 1.165) is 5.56 Å². The molecule has 0 aromatic heterocycles. The third-order valence-electron chi connectivity index (χ3n) is 2.49. The second-order valence-electron chi connectivity index (χ2n) is 4.17. The van der Waals surface area contributed by atoms with E-state index >= 15 is 0 Å². The van der Waals surface area contributed by atoms with E-state index in [0.29, 0.717) is 10.0 Å². The molecule has 1 aromatic carbocycles. The molecule has 0 bridgehead atoms. The summed E-state index contributed by atoms with van der Waals surface area (Å²) in [6.45, 7) is 5.48. The molecular formula is C14H16BrNO4. The number of aliphatic carboxylic acids is 1. The molecular weight excluding hydrogens is 326 g/mol. The van der Waals surface area contributed by atoms with E-state index in [2.05, 4.69) is 27.8 Å². The molecule has 1 unspecified atom stereocenters. The summed E-state index contributed by atoms with van der Waals surface area (Å²) in [5.41, 5.74) is 1.38. The van der Waals surface area contributed by atoms with Crippen LogP contribution < -0.4 is 5.32 Å². The van der Waals surface area contributed by atoms with Gasteiger partial charge in [-0.1, -0.05) is 12.1 Å². The molecule has 0 fully saturated rings. The van der Waals surface area contributed by atoms with Gasteiger partial charge in [-0.3, -0.25) is 4.79 Å². The van der Waals surface area contributed by atoms with E-state index in [1.807, 2.05) is 6.92 Å². The first kappa shape index (κ1) is 16.4. The highest BCUT2D eigenvalue weighted by atomic mass is 79.9. The van der Waals surface area contributed by atoms with Crippen molar-refractivity contribution < 1.29 is 19.4 Å². The van der Waals surface area contributed by atoms with E-state index in [4.69, 9.17) is 9.84 Å². The van der Waals surface area contributed by atoms with Crippen LogP contribution in [0.2, 0.25) is 0 Å². The molecule has 0 aliphatic rings. The van der Waals surface area contributed by atoms with E-state index < -0.39 is 17.9 Å². The molecule has 0 aliphatic heterocycles. The fourth-order valence-electron chi connectivity index (χ4n) is 1.48. The Morgan fingerprint density at radius 3 is 2.80 bits per heavy atom. The lowest BCUT2D eigenvalue weighted by Gasteiger charge is -2.15. The smallest absolute Gasteiger partial charge is 0.328 e. The summed E-state index contributed by atoms with van der Waals surface area (Å²) < 4.78 is 5.68. The zero-order valence-electron chi connectivity index (χ0n) is 11.1. The van der Waals surface area contributed by atoms with Gasteiger partial charge in [0.05, 0.1) is 18.8 Å². The summed E-state index contributed by atoms with van der Waals surface area (Å²) in [6.07, 6.45) is 1.51. The van der Waals surface area contributed by atoms with Gasteiger partial charge in [0, 0.05) is 4.47 Å². The van der Waals surface area contributed by atoms with Crippen molar-refractivity contribution in [1.82, 2.24) is 5.32 Å². The average molecular weight is 342 g/mol. The molecule has 1 amide bonds. The average Bonchev–Trinajstić information content (AvgIpc) is 2.37. The number of rotatable bonds is 7. The van der Waals surface area contributed by atoms with Crippen molar-refractivity contribution in [1.29, 1.82) is 0 Å². The number of halogens is 1. The molecule has 0 saturated carbocycles. The number of ether oxygens (including phenoxy) is 1. The fraction of sp³-hybridized carbons (Fsp3) is 0.286. The molecule has 20 heavy (non-hydrogen) atoms. The SMILES string of the molecule is C=CCOCC(NC(=O)c1ccc(C)cc1Br)C(=O)O. The van der Waals surface area contributed by atoms with Crippen molar-refractivity contribution in [3.05, 3.63) is 46.5 Å². The molecule has 0 spiro atoms. The lowest BCUT2D eigenvalue weighted by Crippen LogP contribution is -2.44. The highest BCUT2D eigenvalue weighted by Crippen LogP contribution is 2.18. The molecule has 6 heteroatoms. The minimum Gasteiger partial charge on any atom is -0.480 e. The minimum absolute atomic E-state index is 0.115. The molecule has 0 radical (unpaired) electrons. The Bertz CT molecular complexity index is 516. The van der Waals surface area contributed by atoms with Gasteiger partial charge in [0.2, 0.25) is 0 Å². The van der Waals surface area contributed by atoms with Crippen molar-refractivity contribution in [2.75, 3.05) is 13.2 Å². The maximum absolute atomic E-state index is 12.0. The van der Waals surface area contributed by atoms with Crippen molar-refractivity contribution in [3.63, 3.8) is 0 Å². The normalized spacial score (nSPS) is 11.7. The van der Waals surface area contributed by atoms with Crippen LogP contribution in [0.5, 0.6) is 0 Å². The highest BCUT2D eigenvalue weighted by molar-refractivity contribution is 9.10. The summed E-state index contributed by atoms with van der Waals surface area (Å²) in [5, 5.41) is 11.5. The van der Waals surface area contributed by atoms with Crippen molar-refractivity contribution in [3.8, 4) is 0 Å². The predicted molar refractivity (Wildman–Crippen MR) is 78.8 cm³/mol. The topological polar surface area (TPSA) is 75.6 Å². The van der Waals surface area contributed by atoms with Gasteiger partial charge in [0.1, 0.15) is 0 Å². The van der Waals surface area contributed by atoms with Crippen molar-refractivity contribution in [2.24, 2.45) is 0 Å². The maximum atomic E-state index is 12.0. The monoisotopic (exact) mass is 341 g/mol. The minimum atomic E-state index is -1.15. The Hall–Kier alpha value is -1.66. The molecule has 1 rings (SSSR count). The van der Waals surface area contributed by atoms with Gasteiger partial charge in [-0.25, -0.2) is 4.79 Å². The van der Waals surface area contributed by atoms with Crippen LogP contribution in [-0.2, 0) is 9.53 Å². The van der Waals surface area contributed by atoms with Gasteiger partial charge in [-0.2, -0.15) is 0 Å². The third kappa shape index (κ3) is 4.79. The predicted octanol–water partition coefficient (Wildman–Crippen LogP) is 2.14. The number of carbonyl (C=O) groups is 2. The Kier molecular flexibility index (Phi) is 6.41. The van der Waals surface area contributed by atoms with Crippen LogP contribution in [-0.4, -0.2) is 36.2 Å². The molecule has 0 heterocycles. The van der Waals surface area contributed by atoms with Crippen molar-refractivity contribution >= 4 is 27.8 Å². The van der Waals surface area contributed by atoms with E-state index in [9.17, 15) is 9.59 Å². The summed E-state index contributed by atoms with van der Waals surface area (Å²) in [4.78, 5) is 23.1. The van der Waals surface area contributed by atoms with E-state index in [1.54, 1.807) is 18.2 Å². The van der Waals surface area contributed by atoms with Crippen LogP contribution in [0.4, 0.5) is 0 Å². The number of hydrogen-bond acceptors (Lipinski definition) is 3. The summed E-state index contributed by atoms with van der Waals surface area (Å²) in [7, 11) is 0. The molecule has 0 saturated heterocycles. The maximum Gasteiger partial charge on any atom is 0.328 e. The number of carbonyl (C=O) groups excluding carboxylic acids is 1. The molecule has 5 nitrogen and oxygen atoms in total. The Balaban J connectivity index is 2.74. The second-order valence-corrected chi connectivity index (χ2v) is 5.03. The van der Waals surface area contributed by atoms with Crippen molar-refractivity contribution in [2.45, 2.75) is 13.0 Å². The van der Waals surface area contributed by atoms with Crippen LogP contribution in [0.25, 0.3) is 0 Å². The summed E-state index contributed by atoms with van der Waals surface area (Å²) in [6, 6.07) is 4.11.